The Morgan fingerprint density at radius 2 is 1.89 bits per heavy atom. The van der Waals surface area contributed by atoms with Crippen molar-refractivity contribution in [3.05, 3.63) is 0 Å². The fourth-order valence-corrected chi connectivity index (χ4v) is 2.19. The van der Waals surface area contributed by atoms with Gasteiger partial charge >= 0.3 is 6.18 Å². The highest BCUT2D eigenvalue weighted by molar-refractivity contribution is 5.81. The third-order valence-corrected chi connectivity index (χ3v) is 3.04. The van der Waals surface area contributed by atoms with E-state index in [9.17, 15) is 18.0 Å². The maximum atomic E-state index is 13.1. The van der Waals surface area contributed by atoms with E-state index < -0.39 is 35.7 Å². The van der Waals surface area contributed by atoms with Crippen LogP contribution in [0.4, 0.5) is 13.2 Å². The molecule has 0 spiro atoms. The lowest BCUT2D eigenvalue weighted by Crippen LogP contribution is -2.65. The molecule has 2 atom stereocenters. The molecule has 19 heavy (non-hydrogen) atoms. The highest BCUT2D eigenvalue weighted by Gasteiger charge is 2.58. The molecule has 0 N–H and O–H groups in total. The van der Waals surface area contributed by atoms with Crippen molar-refractivity contribution in [1.29, 1.82) is 5.26 Å². The van der Waals surface area contributed by atoms with Crippen LogP contribution in [-0.4, -0.2) is 41.3 Å². The van der Waals surface area contributed by atoms with Crippen LogP contribution in [-0.2, 0) is 9.53 Å². The van der Waals surface area contributed by atoms with Crippen LogP contribution < -0.4 is 0 Å². The van der Waals surface area contributed by atoms with Crippen LogP contribution in [0.3, 0.4) is 0 Å². The molecule has 1 heterocycles. The molecule has 1 aliphatic rings. The Hall–Kier alpha value is -1.29. The Balaban J connectivity index is 3.05. The number of rotatable bonds is 1. The number of alkyl halides is 3. The summed E-state index contributed by atoms with van der Waals surface area (Å²) in [7, 11) is 0. The standard InChI is InChI=1S/C12H17F3N2O2/c1-8(5-16)9(18)17-6-10(2,3)19-11(4,7-17)12(13,14)15/h8H,6-7H2,1-4H3. The summed E-state index contributed by atoms with van der Waals surface area (Å²) in [5.41, 5.74) is -3.53. The molecule has 4 nitrogen and oxygen atoms in total. The molecule has 0 saturated carbocycles. The van der Waals surface area contributed by atoms with Crippen molar-refractivity contribution in [2.24, 2.45) is 5.92 Å². The molecule has 0 aromatic carbocycles. The minimum atomic E-state index is -4.58. The Morgan fingerprint density at radius 1 is 1.37 bits per heavy atom. The highest BCUT2D eigenvalue weighted by atomic mass is 19.4. The monoisotopic (exact) mass is 278 g/mol. The maximum absolute atomic E-state index is 13.1. The summed E-state index contributed by atoms with van der Waals surface area (Å²) in [6, 6.07) is 1.74. The summed E-state index contributed by atoms with van der Waals surface area (Å²) in [5, 5.41) is 8.70. The van der Waals surface area contributed by atoms with Gasteiger partial charge in [0.15, 0.2) is 5.60 Å². The second kappa shape index (κ2) is 4.67. The van der Waals surface area contributed by atoms with Crippen LogP contribution in [0.1, 0.15) is 27.7 Å². The SMILES string of the molecule is CC(C#N)C(=O)N1CC(C)(C)OC(C)(C(F)(F)F)C1. The Labute approximate surface area is 110 Å². The van der Waals surface area contributed by atoms with E-state index in [-0.39, 0.29) is 6.54 Å². The molecule has 0 aliphatic carbocycles. The summed E-state index contributed by atoms with van der Waals surface area (Å²) in [6.07, 6.45) is -4.58. The number of morpholine rings is 1. The molecule has 1 amide bonds. The zero-order valence-electron chi connectivity index (χ0n) is 11.3. The molecule has 108 valence electrons. The molecule has 1 rings (SSSR count). The molecule has 1 saturated heterocycles. The maximum Gasteiger partial charge on any atom is 0.418 e. The normalized spacial score (nSPS) is 28.6. The molecule has 1 aliphatic heterocycles. The first-order valence-corrected chi connectivity index (χ1v) is 5.87. The lowest BCUT2D eigenvalue weighted by atomic mass is 9.95. The summed E-state index contributed by atoms with van der Waals surface area (Å²) in [6.45, 7) is 4.72. The van der Waals surface area contributed by atoms with Crippen molar-refractivity contribution in [1.82, 2.24) is 4.90 Å². The van der Waals surface area contributed by atoms with Crippen molar-refractivity contribution < 1.29 is 22.7 Å². The number of carbonyl (C=O) groups excluding carboxylic acids is 1. The average Bonchev–Trinajstić information content (AvgIpc) is 2.22. The number of nitrogens with zero attached hydrogens (tertiary/aromatic N) is 2. The summed E-state index contributed by atoms with van der Waals surface area (Å²) >= 11 is 0. The van der Waals surface area contributed by atoms with Gasteiger partial charge in [-0.1, -0.05) is 0 Å². The number of halogens is 3. The Bertz CT molecular complexity index is 414. The Morgan fingerprint density at radius 3 is 2.32 bits per heavy atom. The third-order valence-electron chi connectivity index (χ3n) is 3.04. The van der Waals surface area contributed by atoms with Gasteiger partial charge in [0.1, 0.15) is 5.92 Å². The first-order valence-electron chi connectivity index (χ1n) is 5.87. The van der Waals surface area contributed by atoms with Crippen molar-refractivity contribution in [2.45, 2.75) is 45.1 Å². The van der Waals surface area contributed by atoms with Crippen molar-refractivity contribution >= 4 is 5.91 Å². The van der Waals surface area contributed by atoms with Crippen LogP contribution in [0.25, 0.3) is 0 Å². The molecule has 0 aromatic heterocycles. The first kappa shape index (κ1) is 15.8. The number of amides is 1. The van der Waals surface area contributed by atoms with Crippen LogP contribution in [0, 0.1) is 17.2 Å². The summed E-state index contributed by atoms with van der Waals surface area (Å²) < 4.78 is 44.3. The average molecular weight is 278 g/mol. The van der Waals surface area contributed by atoms with Crippen LogP contribution in [0.5, 0.6) is 0 Å². The fraction of sp³-hybridized carbons (Fsp3) is 0.833. The minimum Gasteiger partial charge on any atom is -0.356 e. The number of carbonyl (C=O) groups is 1. The van der Waals surface area contributed by atoms with Gasteiger partial charge in [0.2, 0.25) is 5.91 Å². The molecule has 0 radical (unpaired) electrons. The molecule has 7 heteroatoms. The fourth-order valence-electron chi connectivity index (χ4n) is 2.19. The van der Waals surface area contributed by atoms with Crippen LogP contribution in [0.15, 0.2) is 0 Å². The molecule has 0 bridgehead atoms. The van der Waals surface area contributed by atoms with Crippen molar-refractivity contribution in [3.8, 4) is 6.07 Å². The van der Waals surface area contributed by atoms with Gasteiger partial charge in [-0.2, -0.15) is 18.4 Å². The van der Waals surface area contributed by atoms with E-state index in [2.05, 4.69) is 0 Å². The van der Waals surface area contributed by atoms with Gasteiger partial charge in [-0.3, -0.25) is 4.79 Å². The number of hydrogen-bond donors (Lipinski definition) is 0. The lowest BCUT2D eigenvalue weighted by Gasteiger charge is -2.49. The predicted molar refractivity (Wildman–Crippen MR) is 61.0 cm³/mol. The summed E-state index contributed by atoms with van der Waals surface area (Å²) in [5.74, 6) is -1.57. The quantitative estimate of drug-likeness (QED) is 0.738. The van der Waals surface area contributed by atoms with Gasteiger partial charge in [0, 0.05) is 6.54 Å². The zero-order valence-corrected chi connectivity index (χ0v) is 11.3. The topological polar surface area (TPSA) is 53.3 Å². The van der Waals surface area contributed by atoms with Crippen LogP contribution >= 0.6 is 0 Å². The lowest BCUT2D eigenvalue weighted by molar-refractivity contribution is -0.320. The van der Waals surface area contributed by atoms with E-state index in [0.717, 1.165) is 11.8 Å². The molecule has 0 aromatic rings. The predicted octanol–water partition coefficient (Wildman–Crippen LogP) is 2.10. The number of hydrogen-bond acceptors (Lipinski definition) is 3. The Kier molecular flexibility index (Phi) is 3.88. The number of ether oxygens (including phenoxy) is 1. The van der Waals surface area contributed by atoms with Gasteiger partial charge in [0.25, 0.3) is 0 Å². The van der Waals surface area contributed by atoms with Gasteiger partial charge < -0.3 is 9.64 Å². The van der Waals surface area contributed by atoms with E-state index in [1.807, 2.05) is 0 Å². The largest absolute Gasteiger partial charge is 0.418 e. The van der Waals surface area contributed by atoms with Gasteiger partial charge in [0.05, 0.1) is 18.2 Å². The van der Waals surface area contributed by atoms with Crippen LogP contribution in [0.2, 0.25) is 0 Å². The van der Waals surface area contributed by atoms with Crippen molar-refractivity contribution in [2.75, 3.05) is 13.1 Å². The molecule has 1 fully saturated rings. The summed E-state index contributed by atoms with van der Waals surface area (Å²) in [4.78, 5) is 13.0. The number of nitriles is 1. The smallest absolute Gasteiger partial charge is 0.356 e. The van der Waals surface area contributed by atoms with Crippen molar-refractivity contribution in [3.63, 3.8) is 0 Å². The second-order valence-electron chi connectivity index (χ2n) is 5.64. The first-order chi connectivity index (χ1) is 8.42. The molecular weight excluding hydrogens is 261 g/mol. The van der Waals surface area contributed by atoms with Gasteiger partial charge in [-0.15, -0.1) is 0 Å². The van der Waals surface area contributed by atoms with E-state index in [4.69, 9.17) is 10.00 Å². The van der Waals surface area contributed by atoms with Gasteiger partial charge in [-0.25, -0.2) is 0 Å². The third kappa shape index (κ3) is 3.18. The van der Waals surface area contributed by atoms with E-state index in [0.29, 0.717) is 0 Å². The molecular formula is C12H17F3N2O2. The zero-order chi connectivity index (χ0) is 15.1. The molecule has 2 unspecified atom stereocenters. The second-order valence-corrected chi connectivity index (χ2v) is 5.64. The van der Waals surface area contributed by atoms with E-state index in [1.54, 1.807) is 6.07 Å². The van der Waals surface area contributed by atoms with Gasteiger partial charge in [-0.05, 0) is 27.7 Å². The highest BCUT2D eigenvalue weighted by Crippen LogP contribution is 2.40. The van der Waals surface area contributed by atoms with E-state index >= 15 is 0 Å². The minimum absolute atomic E-state index is 0.0313. The van der Waals surface area contributed by atoms with E-state index in [1.165, 1.54) is 20.8 Å².